The molecule has 4 heteroatoms. The first-order chi connectivity index (χ1) is 6.13. The number of benzene rings is 1. The minimum atomic E-state index is -0.723. The van der Waals surface area contributed by atoms with Crippen molar-refractivity contribution < 1.29 is 8.78 Å². The van der Waals surface area contributed by atoms with E-state index in [2.05, 4.69) is 0 Å². The summed E-state index contributed by atoms with van der Waals surface area (Å²) in [4.78, 5) is 0. The molecule has 0 N–H and O–H groups in total. The molecule has 0 heterocycles. The Balaban J connectivity index is 3.17. The minimum absolute atomic E-state index is 0.0147. The van der Waals surface area contributed by atoms with Crippen LogP contribution in [0.3, 0.4) is 0 Å². The lowest BCUT2D eigenvalue weighted by Crippen LogP contribution is -1.84. The summed E-state index contributed by atoms with van der Waals surface area (Å²) in [5, 5.41) is 8.25. The Morgan fingerprint density at radius 2 is 1.85 bits per heavy atom. The number of hydrogen-bond donors (Lipinski definition) is 0. The Morgan fingerprint density at radius 3 is 2.31 bits per heavy atom. The minimum Gasteiger partial charge on any atom is -0.207 e. The van der Waals surface area contributed by atoms with E-state index in [0.717, 1.165) is 24.3 Å². The molecule has 0 fully saturated rings. The van der Waals surface area contributed by atoms with E-state index in [1.54, 1.807) is 6.07 Å². The third kappa shape index (κ3) is 2.53. The molecule has 1 rings (SSSR count). The van der Waals surface area contributed by atoms with Crippen molar-refractivity contribution in [1.29, 1.82) is 5.26 Å². The average Bonchev–Trinajstić information content (AvgIpc) is 2.03. The van der Waals surface area contributed by atoms with E-state index in [4.69, 9.17) is 16.9 Å². The summed E-state index contributed by atoms with van der Waals surface area (Å²) in [5.41, 5.74) is 0.153. The molecule has 0 spiro atoms. The first kappa shape index (κ1) is 9.69. The van der Waals surface area contributed by atoms with Crippen LogP contribution < -0.4 is 0 Å². The van der Waals surface area contributed by atoms with E-state index in [0.29, 0.717) is 0 Å². The standard InChI is InChI=1S/C9H4ClF2N/c10-9(1-2-13)6-3-7(11)5-8(12)4-6/h1,3-5H/b9-1-. The quantitative estimate of drug-likeness (QED) is 0.638. The van der Waals surface area contributed by atoms with Gasteiger partial charge in [-0.05, 0) is 17.7 Å². The van der Waals surface area contributed by atoms with Crippen molar-refractivity contribution >= 4 is 16.6 Å². The molecule has 0 aromatic heterocycles. The van der Waals surface area contributed by atoms with Crippen LogP contribution in [0.15, 0.2) is 24.3 Å². The number of hydrogen-bond acceptors (Lipinski definition) is 1. The van der Waals surface area contributed by atoms with E-state index in [1.807, 2.05) is 0 Å². The van der Waals surface area contributed by atoms with Gasteiger partial charge in [0.1, 0.15) is 11.6 Å². The molecule has 0 atom stereocenters. The van der Waals surface area contributed by atoms with Gasteiger partial charge < -0.3 is 0 Å². The maximum absolute atomic E-state index is 12.6. The van der Waals surface area contributed by atoms with Gasteiger partial charge in [-0.2, -0.15) is 5.26 Å². The van der Waals surface area contributed by atoms with Gasteiger partial charge in [-0.15, -0.1) is 0 Å². The number of nitrogens with zero attached hydrogens (tertiary/aromatic N) is 1. The van der Waals surface area contributed by atoms with Crippen molar-refractivity contribution in [3.63, 3.8) is 0 Å². The van der Waals surface area contributed by atoms with Crippen molar-refractivity contribution in [2.75, 3.05) is 0 Å². The maximum atomic E-state index is 12.6. The van der Waals surface area contributed by atoms with Gasteiger partial charge >= 0.3 is 0 Å². The molecule has 1 aromatic rings. The fourth-order valence-electron chi connectivity index (χ4n) is 0.832. The molecule has 0 unspecified atom stereocenters. The molecule has 1 aromatic carbocycles. The molecule has 0 aliphatic carbocycles. The van der Waals surface area contributed by atoms with Gasteiger partial charge in [0, 0.05) is 12.1 Å². The summed E-state index contributed by atoms with van der Waals surface area (Å²) in [6, 6.07) is 4.51. The van der Waals surface area contributed by atoms with Gasteiger partial charge in [0.05, 0.1) is 11.1 Å². The smallest absolute Gasteiger partial charge is 0.126 e. The second-order valence-corrected chi connectivity index (χ2v) is 2.69. The Bertz CT molecular complexity index is 373. The molecule has 0 aliphatic heterocycles. The fourth-order valence-corrected chi connectivity index (χ4v) is 0.990. The number of nitriles is 1. The number of halogens is 3. The summed E-state index contributed by atoms with van der Waals surface area (Å²) in [6.45, 7) is 0. The molecule has 0 aliphatic rings. The second kappa shape index (κ2) is 4.01. The molecule has 0 bridgehead atoms. The lowest BCUT2D eigenvalue weighted by molar-refractivity contribution is 0.582. The van der Waals surface area contributed by atoms with Gasteiger partial charge in [0.2, 0.25) is 0 Å². The molecular formula is C9H4ClF2N. The van der Waals surface area contributed by atoms with Crippen molar-refractivity contribution in [2.24, 2.45) is 0 Å². The molecule has 0 saturated heterocycles. The average molecular weight is 200 g/mol. The van der Waals surface area contributed by atoms with Gasteiger partial charge in [-0.1, -0.05) is 11.6 Å². The molecule has 0 radical (unpaired) electrons. The fraction of sp³-hybridized carbons (Fsp3) is 0. The van der Waals surface area contributed by atoms with E-state index in [1.165, 1.54) is 0 Å². The van der Waals surface area contributed by atoms with Gasteiger partial charge in [-0.25, -0.2) is 8.78 Å². The highest BCUT2D eigenvalue weighted by atomic mass is 35.5. The molecule has 0 saturated carbocycles. The summed E-state index contributed by atoms with van der Waals surface area (Å²) in [5.74, 6) is -1.45. The summed E-state index contributed by atoms with van der Waals surface area (Å²) >= 11 is 5.56. The van der Waals surface area contributed by atoms with Crippen molar-refractivity contribution in [3.8, 4) is 6.07 Å². The summed E-state index contributed by atoms with van der Waals surface area (Å²) in [7, 11) is 0. The van der Waals surface area contributed by atoms with E-state index in [9.17, 15) is 8.78 Å². The SMILES string of the molecule is N#C/C=C(\Cl)c1cc(F)cc(F)c1. The molecule has 13 heavy (non-hydrogen) atoms. The molecule has 66 valence electrons. The number of allylic oxidation sites excluding steroid dienone is 1. The zero-order valence-electron chi connectivity index (χ0n) is 6.39. The lowest BCUT2D eigenvalue weighted by Gasteiger charge is -1.98. The van der Waals surface area contributed by atoms with Gasteiger partial charge in [0.15, 0.2) is 0 Å². The third-order valence-electron chi connectivity index (χ3n) is 1.33. The molecule has 1 nitrogen and oxygen atoms in total. The Kier molecular flexibility index (Phi) is 2.99. The van der Waals surface area contributed by atoms with E-state index >= 15 is 0 Å². The van der Waals surface area contributed by atoms with Crippen molar-refractivity contribution in [3.05, 3.63) is 41.5 Å². The lowest BCUT2D eigenvalue weighted by atomic mass is 10.2. The van der Waals surface area contributed by atoms with Crippen LogP contribution in [0.2, 0.25) is 0 Å². The van der Waals surface area contributed by atoms with Gasteiger partial charge in [0.25, 0.3) is 0 Å². The van der Waals surface area contributed by atoms with E-state index in [-0.39, 0.29) is 10.6 Å². The normalized spacial score (nSPS) is 11.1. The van der Waals surface area contributed by atoms with Crippen LogP contribution in [0.1, 0.15) is 5.56 Å². The topological polar surface area (TPSA) is 23.8 Å². The highest BCUT2D eigenvalue weighted by molar-refractivity contribution is 6.48. The summed E-state index contributed by atoms with van der Waals surface area (Å²) < 4.78 is 25.2. The van der Waals surface area contributed by atoms with Crippen LogP contribution in [0.5, 0.6) is 0 Å². The Morgan fingerprint density at radius 1 is 1.31 bits per heavy atom. The first-order valence-corrected chi connectivity index (χ1v) is 3.73. The Hall–Kier alpha value is -1.40. The zero-order valence-corrected chi connectivity index (χ0v) is 7.15. The van der Waals surface area contributed by atoms with Crippen molar-refractivity contribution in [2.45, 2.75) is 0 Å². The first-order valence-electron chi connectivity index (χ1n) is 3.35. The van der Waals surface area contributed by atoms with Crippen LogP contribution in [-0.4, -0.2) is 0 Å². The second-order valence-electron chi connectivity index (χ2n) is 2.28. The highest BCUT2D eigenvalue weighted by Gasteiger charge is 2.02. The van der Waals surface area contributed by atoms with Crippen LogP contribution in [0.4, 0.5) is 8.78 Å². The van der Waals surface area contributed by atoms with Crippen molar-refractivity contribution in [1.82, 2.24) is 0 Å². The molecular weight excluding hydrogens is 196 g/mol. The van der Waals surface area contributed by atoms with Crippen LogP contribution >= 0.6 is 11.6 Å². The van der Waals surface area contributed by atoms with Gasteiger partial charge in [-0.3, -0.25) is 0 Å². The predicted molar refractivity (Wildman–Crippen MR) is 45.8 cm³/mol. The highest BCUT2D eigenvalue weighted by Crippen LogP contribution is 2.20. The predicted octanol–water partition coefficient (Wildman–Crippen LogP) is 3.07. The maximum Gasteiger partial charge on any atom is 0.126 e. The van der Waals surface area contributed by atoms with Crippen LogP contribution in [0, 0.1) is 23.0 Å². The molecule has 0 amide bonds. The largest absolute Gasteiger partial charge is 0.207 e. The van der Waals surface area contributed by atoms with Crippen LogP contribution in [-0.2, 0) is 0 Å². The summed E-state index contributed by atoms with van der Waals surface area (Å²) in [6.07, 6.45) is 1.01. The third-order valence-corrected chi connectivity index (χ3v) is 1.66. The monoisotopic (exact) mass is 199 g/mol. The number of rotatable bonds is 1. The Labute approximate surface area is 78.9 Å². The van der Waals surface area contributed by atoms with E-state index < -0.39 is 11.6 Å². The van der Waals surface area contributed by atoms with Crippen LogP contribution in [0.25, 0.3) is 5.03 Å². The zero-order chi connectivity index (χ0) is 9.84.